The molecule has 0 unspecified atom stereocenters. The molecule has 2 aliphatic heterocycles. The van der Waals surface area contributed by atoms with Crippen molar-refractivity contribution in [2.45, 2.75) is 71.0 Å². The lowest BCUT2D eigenvalue weighted by Gasteiger charge is -2.46. The first-order valence-corrected chi connectivity index (χ1v) is 10.2. The molecule has 2 fully saturated rings. The number of hydrogen-bond donors (Lipinski definition) is 2. The van der Waals surface area contributed by atoms with Crippen LogP contribution >= 0.6 is 0 Å². The van der Waals surface area contributed by atoms with Crippen molar-refractivity contribution in [1.82, 2.24) is 10.6 Å². The minimum absolute atomic E-state index is 0.00437. The van der Waals surface area contributed by atoms with E-state index in [2.05, 4.69) is 38.3 Å². The van der Waals surface area contributed by atoms with Gasteiger partial charge in [0.05, 0.1) is 12.5 Å². The number of rotatable bonds is 5. The molecule has 154 valence electrons. The van der Waals surface area contributed by atoms with Crippen LogP contribution in [0.2, 0.25) is 0 Å². The summed E-state index contributed by atoms with van der Waals surface area (Å²) in [6.45, 7) is 11.6. The Labute approximate surface area is 168 Å². The summed E-state index contributed by atoms with van der Waals surface area (Å²) in [5.74, 6) is 0.457. The number of nitrogens with zero attached hydrogens (tertiary/aromatic N) is 1. The van der Waals surface area contributed by atoms with Crippen LogP contribution in [0.15, 0.2) is 24.3 Å². The normalized spacial score (nSPS) is 24.2. The molecule has 2 heterocycles. The first-order chi connectivity index (χ1) is 13.1. The molecule has 1 aromatic carbocycles. The molecule has 28 heavy (non-hydrogen) atoms. The van der Waals surface area contributed by atoms with Gasteiger partial charge in [-0.15, -0.1) is 0 Å². The van der Waals surface area contributed by atoms with Gasteiger partial charge < -0.3 is 20.3 Å². The van der Waals surface area contributed by atoms with E-state index in [-0.39, 0.29) is 41.3 Å². The molecule has 0 saturated carbocycles. The van der Waals surface area contributed by atoms with Gasteiger partial charge in [-0.2, -0.15) is 0 Å². The average Bonchev–Trinajstić information content (AvgIpc) is 2.95. The van der Waals surface area contributed by atoms with E-state index in [1.54, 1.807) is 4.90 Å². The summed E-state index contributed by atoms with van der Waals surface area (Å²) in [4.78, 5) is 27.1. The summed E-state index contributed by atoms with van der Waals surface area (Å²) in [5.41, 5.74) is 0.756. The van der Waals surface area contributed by atoms with Crippen LogP contribution < -0.4 is 20.3 Å². The SMILES string of the molecule is CCOc1ccc(N2C[C@@H](C(=O)NC3CC(C)(C)NC(C)(C)C3)CC2=O)cc1. The minimum Gasteiger partial charge on any atom is -0.494 e. The number of benzene rings is 1. The van der Waals surface area contributed by atoms with Gasteiger partial charge in [0.25, 0.3) is 0 Å². The van der Waals surface area contributed by atoms with Crippen LogP contribution in [0.3, 0.4) is 0 Å². The zero-order chi connectivity index (χ0) is 20.5. The maximum Gasteiger partial charge on any atom is 0.227 e. The van der Waals surface area contributed by atoms with Gasteiger partial charge in [-0.25, -0.2) is 0 Å². The van der Waals surface area contributed by atoms with Crippen LogP contribution in [-0.4, -0.2) is 42.1 Å². The molecule has 0 bridgehead atoms. The van der Waals surface area contributed by atoms with Gasteiger partial charge in [-0.05, 0) is 71.7 Å². The second kappa shape index (κ2) is 7.74. The summed E-state index contributed by atoms with van der Waals surface area (Å²) in [6, 6.07) is 7.59. The largest absolute Gasteiger partial charge is 0.494 e. The Morgan fingerprint density at radius 2 is 1.79 bits per heavy atom. The lowest BCUT2D eigenvalue weighted by molar-refractivity contribution is -0.127. The molecule has 0 aliphatic carbocycles. The maximum absolute atomic E-state index is 12.9. The summed E-state index contributed by atoms with van der Waals surface area (Å²) in [7, 11) is 0. The number of ether oxygens (including phenoxy) is 1. The van der Waals surface area contributed by atoms with Gasteiger partial charge in [0, 0.05) is 35.8 Å². The van der Waals surface area contributed by atoms with Crippen molar-refractivity contribution in [3.63, 3.8) is 0 Å². The number of piperidine rings is 1. The highest BCUT2D eigenvalue weighted by Crippen LogP contribution is 2.30. The highest BCUT2D eigenvalue weighted by molar-refractivity contribution is 6.00. The number of carbonyl (C=O) groups is 2. The molecule has 2 amide bonds. The summed E-state index contributed by atoms with van der Waals surface area (Å²) in [5, 5.41) is 6.84. The van der Waals surface area contributed by atoms with Crippen molar-refractivity contribution in [1.29, 1.82) is 0 Å². The third-order valence-corrected chi connectivity index (χ3v) is 5.49. The fourth-order valence-electron chi connectivity index (χ4n) is 4.77. The van der Waals surface area contributed by atoms with Gasteiger partial charge in [-0.3, -0.25) is 9.59 Å². The number of nitrogens with one attached hydrogen (secondary N) is 2. The molecule has 2 N–H and O–H groups in total. The molecule has 0 aromatic heterocycles. The van der Waals surface area contributed by atoms with Crippen LogP contribution in [0.5, 0.6) is 5.75 Å². The van der Waals surface area contributed by atoms with Gasteiger partial charge >= 0.3 is 0 Å². The standard InChI is InChI=1S/C22H33N3O3/c1-6-28-18-9-7-17(8-10-18)25-14-15(11-19(25)26)20(27)23-16-12-21(2,3)24-22(4,5)13-16/h7-10,15-16,24H,6,11-14H2,1-5H3,(H,23,27)/t15-/m0/s1. The summed E-state index contributed by atoms with van der Waals surface area (Å²) in [6.07, 6.45) is 2.02. The van der Waals surface area contributed by atoms with E-state index >= 15 is 0 Å². The molecule has 2 aliphatic rings. The predicted molar refractivity (Wildman–Crippen MR) is 111 cm³/mol. The number of hydrogen-bond acceptors (Lipinski definition) is 4. The molecule has 0 radical (unpaired) electrons. The second-order valence-electron chi connectivity index (χ2n) is 9.34. The quantitative estimate of drug-likeness (QED) is 0.815. The minimum atomic E-state index is -0.305. The Kier molecular flexibility index (Phi) is 5.71. The van der Waals surface area contributed by atoms with Gasteiger partial charge in [0.15, 0.2) is 0 Å². The van der Waals surface area contributed by atoms with Crippen LogP contribution in [0.25, 0.3) is 0 Å². The molecule has 0 spiro atoms. The Morgan fingerprint density at radius 1 is 1.18 bits per heavy atom. The van der Waals surface area contributed by atoms with E-state index in [1.807, 2.05) is 31.2 Å². The molecule has 3 rings (SSSR count). The lowest BCUT2D eigenvalue weighted by atomic mass is 9.79. The number of anilines is 1. The Balaban J connectivity index is 1.62. The Bertz CT molecular complexity index is 711. The van der Waals surface area contributed by atoms with E-state index in [4.69, 9.17) is 4.74 Å². The number of amides is 2. The van der Waals surface area contributed by atoms with Crippen molar-refractivity contribution in [2.24, 2.45) is 5.92 Å². The van der Waals surface area contributed by atoms with Gasteiger partial charge in [0.1, 0.15) is 5.75 Å². The van der Waals surface area contributed by atoms with E-state index < -0.39 is 0 Å². The molecule has 6 heteroatoms. The zero-order valence-corrected chi connectivity index (χ0v) is 17.7. The topological polar surface area (TPSA) is 70.7 Å². The smallest absolute Gasteiger partial charge is 0.227 e. The van der Waals surface area contributed by atoms with Crippen LogP contribution in [-0.2, 0) is 9.59 Å². The lowest BCUT2D eigenvalue weighted by Crippen LogP contribution is -2.62. The fourth-order valence-corrected chi connectivity index (χ4v) is 4.77. The highest BCUT2D eigenvalue weighted by atomic mass is 16.5. The van der Waals surface area contributed by atoms with Crippen LogP contribution in [0.1, 0.15) is 53.9 Å². The van der Waals surface area contributed by atoms with E-state index in [9.17, 15) is 9.59 Å². The predicted octanol–water partition coefficient (Wildman–Crippen LogP) is 2.86. The van der Waals surface area contributed by atoms with Crippen molar-refractivity contribution in [2.75, 3.05) is 18.1 Å². The summed E-state index contributed by atoms with van der Waals surface area (Å²) >= 11 is 0. The van der Waals surface area contributed by atoms with E-state index in [0.717, 1.165) is 24.3 Å². The molecule has 1 atom stereocenters. The second-order valence-corrected chi connectivity index (χ2v) is 9.34. The van der Waals surface area contributed by atoms with Gasteiger partial charge in [-0.1, -0.05) is 0 Å². The summed E-state index contributed by atoms with van der Waals surface area (Å²) < 4.78 is 5.46. The molecular weight excluding hydrogens is 354 g/mol. The average molecular weight is 388 g/mol. The first kappa shape index (κ1) is 20.6. The third kappa shape index (κ3) is 4.85. The van der Waals surface area contributed by atoms with Crippen LogP contribution in [0.4, 0.5) is 5.69 Å². The monoisotopic (exact) mass is 387 g/mol. The Morgan fingerprint density at radius 3 is 2.36 bits per heavy atom. The molecular formula is C22H33N3O3. The maximum atomic E-state index is 12.9. The highest BCUT2D eigenvalue weighted by Gasteiger charge is 2.40. The molecule has 6 nitrogen and oxygen atoms in total. The van der Waals surface area contributed by atoms with Crippen LogP contribution in [0, 0.1) is 5.92 Å². The van der Waals surface area contributed by atoms with E-state index in [1.165, 1.54) is 0 Å². The van der Waals surface area contributed by atoms with Gasteiger partial charge in [0.2, 0.25) is 11.8 Å². The van der Waals surface area contributed by atoms with E-state index in [0.29, 0.717) is 13.2 Å². The molecule has 2 saturated heterocycles. The number of carbonyl (C=O) groups excluding carboxylic acids is 2. The van der Waals surface area contributed by atoms with Crippen molar-refractivity contribution >= 4 is 17.5 Å². The third-order valence-electron chi connectivity index (χ3n) is 5.49. The first-order valence-electron chi connectivity index (χ1n) is 10.2. The van der Waals surface area contributed by atoms with Crippen molar-refractivity contribution < 1.29 is 14.3 Å². The molecule has 1 aromatic rings. The van der Waals surface area contributed by atoms with Crippen molar-refractivity contribution in [3.05, 3.63) is 24.3 Å². The van der Waals surface area contributed by atoms with Crippen molar-refractivity contribution in [3.8, 4) is 5.75 Å². The Hall–Kier alpha value is -2.08. The zero-order valence-electron chi connectivity index (χ0n) is 17.7. The fraction of sp³-hybridized carbons (Fsp3) is 0.636.